The Morgan fingerprint density at radius 1 is 1.08 bits per heavy atom. The predicted octanol–water partition coefficient (Wildman–Crippen LogP) is 3.34. The highest BCUT2D eigenvalue weighted by Gasteiger charge is 2.14. The number of anilines is 2. The molecule has 0 spiro atoms. The van der Waals surface area contributed by atoms with Gasteiger partial charge in [0.25, 0.3) is 5.91 Å². The van der Waals surface area contributed by atoms with E-state index in [4.69, 9.17) is 9.47 Å². The van der Waals surface area contributed by atoms with Gasteiger partial charge in [-0.3, -0.25) is 4.79 Å². The third kappa shape index (κ3) is 4.02. The van der Waals surface area contributed by atoms with Gasteiger partial charge in [0.1, 0.15) is 17.2 Å². The maximum Gasteiger partial charge on any atom is 0.274 e. The molecule has 1 aromatic carbocycles. The molecule has 25 heavy (non-hydrogen) atoms. The van der Waals surface area contributed by atoms with Crippen molar-refractivity contribution in [3.63, 3.8) is 0 Å². The van der Waals surface area contributed by atoms with E-state index in [2.05, 4.69) is 15.2 Å². The van der Waals surface area contributed by atoms with Gasteiger partial charge in [0.15, 0.2) is 0 Å². The number of carbonyl (C=O) groups excluding carboxylic acids is 1. The van der Waals surface area contributed by atoms with E-state index >= 15 is 0 Å². The van der Waals surface area contributed by atoms with Gasteiger partial charge in [-0.25, -0.2) is 4.98 Å². The van der Waals surface area contributed by atoms with Crippen molar-refractivity contribution in [2.75, 3.05) is 37.5 Å². The van der Waals surface area contributed by atoms with Crippen molar-refractivity contribution in [3.05, 3.63) is 42.2 Å². The first kappa shape index (κ1) is 17.1. The van der Waals surface area contributed by atoms with Crippen LogP contribution in [0.15, 0.2) is 36.5 Å². The van der Waals surface area contributed by atoms with Gasteiger partial charge in [0.05, 0.1) is 31.8 Å². The molecule has 2 aromatic rings. The van der Waals surface area contributed by atoms with Crippen LogP contribution in [-0.2, 0) is 0 Å². The molecule has 6 nitrogen and oxygen atoms in total. The summed E-state index contributed by atoms with van der Waals surface area (Å²) in [5, 5.41) is 2.83. The summed E-state index contributed by atoms with van der Waals surface area (Å²) in [6, 6.07) is 8.96. The standard InChI is InChI=1S/C19H23N3O3/c1-24-15-7-9-18(25-2)17(12-15)21-19(23)16-8-6-14(13-20-16)22-10-4-3-5-11-22/h6-9,12-13H,3-5,10-11H2,1-2H3,(H,21,23). The largest absolute Gasteiger partial charge is 0.497 e. The quantitative estimate of drug-likeness (QED) is 0.904. The Balaban J connectivity index is 1.73. The van der Waals surface area contributed by atoms with Crippen LogP contribution >= 0.6 is 0 Å². The summed E-state index contributed by atoms with van der Waals surface area (Å²) in [5.41, 5.74) is 1.98. The maximum absolute atomic E-state index is 12.5. The number of ether oxygens (including phenoxy) is 2. The van der Waals surface area contributed by atoms with Crippen molar-refractivity contribution in [3.8, 4) is 11.5 Å². The summed E-state index contributed by atoms with van der Waals surface area (Å²) in [4.78, 5) is 19.1. The van der Waals surface area contributed by atoms with Crippen molar-refractivity contribution < 1.29 is 14.3 Å². The molecule has 0 aliphatic carbocycles. The number of amides is 1. The molecule has 1 fully saturated rings. The molecule has 1 N–H and O–H groups in total. The number of nitrogens with one attached hydrogen (secondary N) is 1. The molecule has 1 aromatic heterocycles. The van der Waals surface area contributed by atoms with Gasteiger partial charge in [0, 0.05) is 19.2 Å². The second kappa shape index (κ2) is 7.88. The highest BCUT2D eigenvalue weighted by atomic mass is 16.5. The van der Waals surface area contributed by atoms with Crippen LogP contribution in [0.2, 0.25) is 0 Å². The summed E-state index contributed by atoms with van der Waals surface area (Å²) in [7, 11) is 3.14. The van der Waals surface area contributed by atoms with Crippen molar-refractivity contribution in [2.24, 2.45) is 0 Å². The molecule has 3 rings (SSSR count). The summed E-state index contributed by atoms with van der Waals surface area (Å²) in [5.74, 6) is 0.931. The highest BCUT2D eigenvalue weighted by molar-refractivity contribution is 6.03. The molecule has 0 bridgehead atoms. The molecule has 0 saturated carbocycles. The average Bonchev–Trinajstić information content (AvgIpc) is 2.68. The second-order valence-electron chi connectivity index (χ2n) is 5.97. The van der Waals surface area contributed by atoms with Crippen LogP contribution in [-0.4, -0.2) is 38.2 Å². The summed E-state index contributed by atoms with van der Waals surface area (Å²) in [6.07, 6.45) is 5.46. The summed E-state index contributed by atoms with van der Waals surface area (Å²) in [6.45, 7) is 2.10. The van der Waals surface area contributed by atoms with Crippen LogP contribution in [0.3, 0.4) is 0 Å². The minimum atomic E-state index is -0.281. The lowest BCUT2D eigenvalue weighted by atomic mass is 10.1. The fourth-order valence-electron chi connectivity index (χ4n) is 2.96. The lowest BCUT2D eigenvalue weighted by Crippen LogP contribution is -2.29. The zero-order chi connectivity index (χ0) is 17.6. The minimum absolute atomic E-state index is 0.281. The van der Waals surface area contributed by atoms with E-state index in [1.807, 2.05) is 6.07 Å². The first-order valence-electron chi connectivity index (χ1n) is 8.45. The van der Waals surface area contributed by atoms with Gasteiger partial charge < -0.3 is 19.7 Å². The molecule has 1 aliphatic heterocycles. The van der Waals surface area contributed by atoms with Crippen LogP contribution in [0.5, 0.6) is 11.5 Å². The molecule has 0 radical (unpaired) electrons. The Morgan fingerprint density at radius 2 is 1.88 bits per heavy atom. The number of rotatable bonds is 5. The van der Waals surface area contributed by atoms with Gasteiger partial charge in [0.2, 0.25) is 0 Å². The number of piperidine rings is 1. The van der Waals surface area contributed by atoms with E-state index in [9.17, 15) is 4.79 Å². The molecule has 2 heterocycles. The number of pyridine rings is 1. The van der Waals surface area contributed by atoms with E-state index in [0.29, 0.717) is 22.9 Å². The van der Waals surface area contributed by atoms with E-state index in [1.165, 1.54) is 19.3 Å². The lowest BCUT2D eigenvalue weighted by Gasteiger charge is -2.28. The molecule has 6 heteroatoms. The Kier molecular flexibility index (Phi) is 5.38. The van der Waals surface area contributed by atoms with Crippen LogP contribution in [0.1, 0.15) is 29.8 Å². The predicted molar refractivity (Wildman–Crippen MR) is 97.8 cm³/mol. The van der Waals surface area contributed by atoms with Crippen LogP contribution in [0, 0.1) is 0 Å². The first-order chi connectivity index (χ1) is 12.2. The molecule has 0 atom stereocenters. The molecule has 1 amide bonds. The molecule has 0 unspecified atom stereocenters. The number of hydrogen-bond acceptors (Lipinski definition) is 5. The van der Waals surface area contributed by atoms with E-state index in [-0.39, 0.29) is 5.91 Å². The van der Waals surface area contributed by atoms with E-state index in [1.54, 1.807) is 44.7 Å². The smallest absolute Gasteiger partial charge is 0.274 e. The zero-order valence-corrected chi connectivity index (χ0v) is 14.6. The van der Waals surface area contributed by atoms with Gasteiger partial charge >= 0.3 is 0 Å². The Labute approximate surface area is 147 Å². The molecular formula is C19H23N3O3. The summed E-state index contributed by atoms with van der Waals surface area (Å²) >= 11 is 0. The number of aromatic nitrogens is 1. The fourth-order valence-corrected chi connectivity index (χ4v) is 2.96. The van der Waals surface area contributed by atoms with E-state index < -0.39 is 0 Å². The third-order valence-electron chi connectivity index (χ3n) is 4.36. The van der Waals surface area contributed by atoms with Gasteiger partial charge in [-0.15, -0.1) is 0 Å². The number of nitrogens with zero attached hydrogens (tertiary/aromatic N) is 2. The average molecular weight is 341 g/mol. The molecule has 1 aliphatic rings. The van der Waals surface area contributed by atoms with Crippen LogP contribution in [0.25, 0.3) is 0 Å². The van der Waals surface area contributed by atoms with Crippen molar-refractivity contribution in [1.29, 1.82) is 0 Å². The minimum Gasteiger partial charge on any atom is -0.497 e. The maximum atomic E-state index is 12.5. The number of carbonyl (C=O) groups is 1. The third-order valence-corrected chi connectivity index (χ3v) is 4.36. The second-order valence-corrected chi connectivity index (χ2v) is 5.97. The number of hydrogen-bond donors (Lipinski definition) is 1. The van der Waals surface area contributed by atoms with Crippen molar-refractivity contribution in [1.82, 2.24) is 4.98 Å². The fraction of sp³-hybridized carbons (Fsp3) is 0.368. The van der Waals surface area contributed by atoms with Crippen molar-refractivity contribution >= 4 is 17.3 Å². The van der Waals surface area contributed by atoms with Gasteiger partial charge in [-0.2, -0.15) is 0 Å². The van der Waals surface area contributed by atoms with Crippen LogP contribution < -0.4 is 19.7 Å². The highest BCUT2D eigenvalue weighted by Crippen LogP contribution is 2.29. The van der Waals surface area contributed by atoms with Crippen LogP contribution in [0.4, 0.5) is 11.4 Å². The molecular weight excluding hydrogens is 318 g/mol. The normalized spacial score (nSPS) is 14.1. The summed E-state index contributed by atoms with van der Waals surface area (Å²) < 4.78 is 10.5. The zero-order valence-electron chi connectivity index (χ0n) is 14.6. The lowest BCUT2D eigenvalue weighted by molar-refractivity contribution is 0.102. The first-order valence-corrected chi connectivity index (χ1v) is 8.45. The number of methoxy groups -OCH3 is 2. The van der Waals surface area contributed by atoms with Gasteiger partial charge in [-0.05, 0) is 43.5 Å². The van der Waals surface area contributed by atoms with E-state index in [0.717, 1.165) is 18.8 Å². The Morgan fingerprint density at radius 3 is 2.52 bits per heavy atom. The monoisotopic (exact) mass is 341 g/mol. The van der Waals surface area contributed by atoms with Gasteiger partial charge in [-0.1, -0.05) is 0 Å². The molecule has 132 valence electrons. The SMILES string of the molecule is COc1ccc(OC)c(NC(=O)c2ccc(N3CCCCC3)cn2)c1. The number of benzene rings is 1. The Bertz CT molecular complexity index is 725. The van der Waals surface area contributed by atoms with Crippen molar-refractivity contribution in [2.45, 2.75) is 19.3 Å². The molecule has 1 saturated heterocycles. The topological polar surface area (TPSA) is 63.7 Å². The Hall–Kier alpha value is -2.76.